The fourth-order valence-electron chi connectivity index (χ4n) is 1.09. The van der Waals surface area contributed by atoms with Crippen LogP contribution in [0, 0.1) is 0 Å². The molecule has 0 aromatic carbocycles. The van der Waals surface area contributed by atoms with E-state index in [0.717, 1.165) is 6.29 Å². The summed E-state index contributed by atoms with van der Waals surface area (Å²) in [5.41, 5.74) is 0. The molecule has 0 aromatic rings. The number of hydrogen-bond acceptors (Lipinski definition) is 3. The van der Waals surface area contributed by atoms with E-state index in [1.165, 1.54) is 0 Å². The van der Waals surface area contributed by atoms with E-state index in [0.29, 0.717) is 11.4 Å². The SMILES string of the molecule is [B]C(=O)NC1CC(C=O)NC1=S. The second-order valence-corrected chi connectivity index (χ2v) is 2.99. The Balaban J connectivity index is 2.51. The number of rotatable bonds is 2. The molecule has 12 heavy (non-hydrogen) atoms. The largest absolute Gasteiger partial charge is 0.368 e. The summed E-state index contributed by atoms with van der Waals surface area (Å²) in [5.74, 6) is -0.629. The third-order valence-corrected chi connectivity index (χ3v) is 2.02. The van der Waals surface area contributed by atoms with Crippen molar-refractivity contribution < 1.29 is 9.59 Å². The highest BCUT2D eigenvalue weighted by Gasteiger charge is 2.28. The van der Waals surface area contributed by atoms with Crippen molar-refractivity contribution in [2.75, 3.05) is 0 Å². The smallest absolute Gasteiger partial charge is 0.200 e. The van der Waals surface area contributed by atoms with Gasteiger partial charge in [0.05, 0.1) is 17.1 Å². The van der Waals surface area contributed by atoms with E-state index in [2.05, 4.69) is 10.6 Å². The van der Waals surface area contributed by atoms with Crippen LogP contribution in [0.1, 0.15) is 6.42 Å². The standard InChI is InChI=1S/C6H7BN2O2S/c7-6(11)9-4-1-3(2-10)8-5(4)12/h2-4H,1H2,(H,8,12)(H,9,11). The first-order valence-electron chi connectivity index (χ1n) is 3.45. The molecule has 62 valence electrons. The number of nitrogens with one attached hydrogen (secondary N) is 2. The second kappa shape index (κ2) is 3.66. The summed E-state index contributed by atoms with van der Waals surface area (Å²) < 4.78 is 0. The molecule has 1 fully saturated rings. The molecule has 1 saturated heterocycles. The van der Waals surface area contributed by atoms with Crippen molar-refractivity contribution >= 4 is 37.1 Å². The predicted octanol–water partition coefficient (Wildman–Crippen LogP) is -0.879. The summed E-state index contributed by atoms with van der Waals surface area (Å²) in [6, 6.07) is -0.595. The van der Waals surface area contributed by atoms with Gasteiger partial charge in [0, 0.05) is 6.42 Å². The molecule has 2 unspecified atom stereocenters. The molecule has 6 heteroatoms. The zero-order chi connectivity index (χ0) is 9.14. The van der Waals surface area contributed by atoms with Gasteiger partial charge in [0.25, 0.3) is 0 Å². The Morgan fingerprint density at radius 1 is 1.83 bits per heavy atom. The minimum absolute atomic E-state index is 0.297. The van der Waals surface area contributed by atoms with Gasteiger partial charge >= 0.3 is 0 Å². The van der Waals surface area contributed by atoms with Gasteiger partial charge in [0.1, 0.15) is 6.29 Å². The number of carbonyl (C=O) groups excluding carboxylic acids is 2. The van der Waals surface area contributed by atoms with Crippen molar-refractivity contribution in [3.8, 4) is 0 Å². The lowest BCUT2D eigenvalue weighted by Gasteiger charge is -2.08. The lowest BCUT2D eigenvalue weighted by molar-refractivity contribution is -0.109. The molecule has 1 aliphatic heterocycles. The molecule has 2 radical (unpaired) electrons. The maximum Gasteiger partial charge on any atom is 0.200 e. The Morgan fingerprint density at radius 2 is 2.50 bits per heavy atom. The van der Waals surface area contributed by atoms with E-state index < -0.39 is 5.81 Å². The highest BCUT2D eigenvalue weighted by Crippen LogP contribution is 2.07. The molecule has 0 saturated carbocycles. The van der Waals surface area contributed by atoms with Gasteiger partial charge in [0.15, 0.2) is 5.81 Å². The maximum atomic E-state index is 10.4. The Labute approximate surface area is 76.5 Å². The van der Waals surface area contributed by atoms with E-state index in [1.807, 2.05) is 0 Å². The number of thiocarbonyl (C=S) groups is 1. The van der Waals surface area contributed by atoms with Gasteiger partial charge in [0.2, 0.25) is 7.85 Å². The van der Waals surface area contributed by atoms with Gasteiger partial charge in [-0.25, -0.2) is 0 Å². The van der Waals surface area contributed by atoms with Crippen LogP contribution < -0.4 is 10.6 Å². The monoisotopic (exact) mass is 182 g/mol. The summed E-state index contributed by atoms with van der Waals surface area (Å²) >= 11 is 4.86. The molecular formula is C6H7BN2O2S. The molecule has 0 aromatic heterocycles. The lowest BCUT2D eigenvalue weighted by atomic mass is 10.1. The van der Waals surface area contributed by atoms with Crippen LogP contribution in [0.3, 0.4) is 0 Å². The normalized spacial score (nSPS) is 27.8. The zero-order valence-corrected chi connectivity index (χ0v) is 7.06. The van der Waals surface area contributed by atoms with Gasteiger partial charge in [-0.15, -0.1) is 0 Å². The van der Waals surface area contributed by atoms with E-state index in [1.54, 1.807) is 0 Å². The quantitative estimate of drug-likeness (QED) is 0.331. The molecular weight excluding hydrogens is 175 g/mol. The fourth-order valence-corrected chi connectivity index (χ4v) is 1.40. The van der Waals surface area contributed by atoms with Crippen molar-refractivity contribution in [1.29, 1.82) is 0 Å². The van der Waals surface area contributed by atoms with Crippen LogP contribution in [0.2, 0.25) is 0 Å². The zero-order valence-electron chi connectivity index (χ0n) is 6.24. The molecule has 1 amide bonds. The van der Waals surface area contributed by atoms with Crippen molar-refractivity contribution in [3.63, 3.8) is 0 Å². The van der Waals surface area contributed by atoms with E-state index >= 15 is 0 Å². The summed E-state index contributed by atoms with van der Waals surface area (Å²) in [6.45, 7) is 0. The average molecular weight is 182 g/mol. The van der Waals surface area contributed by atoms with E-state index in [-0.39, 0.29) is 12.1 Å². The molecule has 4 nitrogen and oxygen atoms in total. The van der Waals surface area contributed by atoms with Gasteiger partial charge in [-0.2, -0.15) is 0 Å². The van der Waals surface area contributed by atoms with Gasteiger partial charge in [-0.05, 0) is 0 Å². The Morgan fingerprint density at radius 3 is 2.92 bits per heavy atom. The summed E-state index contributed by atoms with van der Waals surface area (Å²) in [6.07, 6.45) is 1.24. The van der Waals surface area contributed by atoms with Gasteiger partial charge in [-0.3, -0.25) is 4.79 Å². The van der Waals surface area contributed by atoms with Crippen LogP contribution in [-0.2, 0) is 4.79 Å². The molecule has 1 heterocycles. The van der Waals surface area contributed by atoms with Crippen LogP contribution >= 0.6 is 12.2 Å². The number of hydrogen-bond donors (Lipinski definition) is 2. The van der Waals surface area contributed by atoms with Gasteiger partial charge in [-0.1, -0.05) is 12.2 Å². The third-order valence-electron chi connectivity index (χ3n) is 1.61. The Bertz CT molecular complexity index is 234. The van der Waals surface area contributed by atoms with Crippen LogP contribution in [0.25, 0.3) is 0 Å². The molecule has 2 N–H and O–H groups in total. The van der Waals surface area contributed by atoms with E-state index in [4.69, 9.17) is 20.1 Å². The molecule has 0 aliphatic carbocycles. The average Bonchev–Trinajstić information content (AvgIpc) is 2.31. The molecule has 1 aliphatic rings. The minimum atomic E-state index is -0.629. The minimum Gasteiger partial charge on any atom is -0.368 e. The van der Waals surface area contributed by atoms with Crippen LogP contribution in [0.15, 0.2) is 0 Å². The van der Waals surface area contributed by atoms with Crippen molar-refractivity contribution in [1.82, 2.24) is 10.6 Å². The molecule has 0 bridgehead atoms. The number of aldehydes is 1. The highest BCUT2D eigenvalue weighted by molar-refractivity contribution is 7.80. The summed E-state index contributed by atoms with van der Waals surface area (Å²) in [5, 5.41) is 5.18. The molecule has 1 rings (SSSR count). The van der Waals surface area contributed by atoms with Crippen LogP contribution in [-0.4, -0.2) is 37.0 Å². The Kier molecular flexibility index (Phi) is 2.81. The molecule has 2 atom stereocenters. The first-order valence-corrected chi connectivity index (χ1v) is 3.86. The Hall–Kier alpha value is -0.905. The summed E-state index contributed by atoms with van der Waals surface area (Å²) in [7, 11) is 4.90. The molecule has 0 spiro atoms. The predicted molar refractivity (Wildman–Crippen MR) is 48.3 cm³/mol. The first kappa shape index (κ1) is 9.19. The van der Waals surface area contributed by atoms with Gasteiger partial charge < -0.3 is 15.4 Å². The second-order valence-electron chi connectivity index (χ2n) is 2.55. The first-order chi connectivity index (χ1) is 5.63. The van der Waals surface area contributed by atoms with Crippen LogP contribution in [0.5, 0.6) is 0 Å². The highest BCUT2D eigenvalue weighted by atomic mass is 32.1. The van der Waals surface area contributed by atoms with Crippen molar-refractivity contribution in [2.45, 2.75) is 18.5 Å². The van der Waals surface area contributed by atoms with Crippen LogP contribution in [0.4, 0.5) is 4.79 Å². The van der Waals surface area contributed by atoms with Crippen molar-refractivity contribution in [2.24, 2.45) is 0 Å². The number of carbonyl (C=O) groups is 2. The van der Waals surface area contributed by atoms with Crippen molar-refractivity contribution in [3.05, 3.63) is 0 Å². The topological polar surface area (TPSA) is 58.2 Å². The summed E-state index contributed by atoms with van der Waals surface area (Å²) in [4.78, 5) is 21.2. The van der Waals surface area contributed by atoms with E-state index in [9.17, 15) is 9.59 Å². The fraction of sp³-hybridized carbons (Fsp3) is 0.500. The number of amides is 1. The lowest BCUT2D eigenvalue weighted by Crippen LogP contribution is -2.38. The third kappa shape index (κ3) is 2.04. The maximum absolute atomic E-state index is 10.4.